The summed E-state index contributed by atoms with van der Waals surface area (Å²) in [6, 6.07) is 14.2. The van der Waals surface area contributed by atoms with Gasteiger partial charge in [-0.25, -0.2) is 13.6 Å². The summed E-state index contributed by atoms with van der Waals surface area (Å²) < 4.78 is 28.5. The number of nitrogens with two attached hydrogens (primary N) is 1. The van der Waals surface area contributed by atoms with E-state index in [0.717, 1.165) is 11.3 Å². The second kappa shape index (κ2) is 6.60. The van der Waals surface area contributed by atoms with Gasteiger partial charge in [-0.2, -0.15) is 0 Å². The minimum absolute atomic E-state index is 0.0889. The third-order valence-corrected chi connectivity index (χ3v) is 3.86. The number of para-hydroxylation sites is 1. The van der Waals surface area contributed by atoms with E-state index in [4.69, 9.17) is 9.88 Å². The van der Waals surface area contributed by atoms with Gasteiger partial charge in [-0.3, -0.25) is 0 Å². The zero-order valence-electron chi connectivity index (χ0n) is 11.7. The maximum atomic E-state index is 11.5. The summed E-state index contributed by atoms with van der Waals surface area (Å²) in [7, 11) is -3.74. The largest absolute Gasteiger partial charge is 0.494 e. The molecule has 0 radical (unpaired) electrons. The highest BCUT2D eigenvalue weighted by Crippen LogP contribution is 2.21. The van der Waals surface area contributed by atoms with Gasteiger partial charge in [0.1, 0.15) is 10.6 Å². The van der Waals surface area contributed by atoms with Crippen LogP contribution in [0.25, 0.3) is 0 Å². The predicted octanol–water partition coefficient (Wildman–Crippen LogP) is 2.34. The van der Waals surface area contributed by atoms with Crippen molar-refractivity contribution >= 4 is 15.7 Å². The van der Waals surface area contributed by atoms with Crippen molar-refractivity contribution < 1.29 is 13.2 Å². The molecule has 21 heavy (non-hydrogen) atoms. The summed E-state index contributed by atoms with van der Waals surface area (Å²) in [5.41, 5.74) is 1.48. The molecule has 5 nitrogen and oxygen atoms in total. The van der Waals surface area contributed by atoms with Gasteiger partial charge < -0.3 is 10.1 Å². The topological polar surface area (TPSA) is 81.4 Å². The third kappa shape index (κ3) is 4.21. The number of ether oxygens (including phenoxy) is 1. The van der Waals surface area contributed by atoms with E-state index in [1.165, 1.54) is 6.07 Å². The van der Waals surface area contributed by atoms with Crippen molar-refractivity contribution in [2.75, 3.05) is 11.9 Å². The molecule has 0 aromatic heterocycles. The van der Waals surface area contributed by atoms with Crippen LogP contribution in [-0.4, -0.2) is 15.0 Å². The van der Waals surface area contributed by atoms with Crippen molar-refractivity contribution in [1.29, 1.82) is 0 Å². The highest BCUT2D eigenvalue weighted by atomic mass is 32.2. The van der Waals surface area contributed by atoms with Gasteiger partial charge in [-0.15, -0.1) is 0 Å². The second-order valence-electron chi connectivity index (χ2n) is 4.48. The first-order valence-corrected chi connectivity index (χ1v) is 8.13. The summed E-state index contributed by atoms with van der Waals surface area (Å²) in [6.07, 6.45) is 0. The van der Waals surface area contributed by atoms with Gasteiger partial charge in [0, 0.05) is 6.54 Å². The molecule has 3 N–H and O–H groups in total. The SMILES string of the molecule is CCOc1cccc(CNc2ccccc2S(N)(=O)=O)c1. The quantitative estimate of drug-likeness (QED) is 0.858. The van der Waals surface area contributed by atoms with Crippen molar-refractivity contribution in [2.24, 2.45) is 5.14 Å². The molecule has 2 aromatic rings. The van der Waals surface area contributed by atoms with Crippen LogP contribution in [0.15, 0.2) is 53.4 Å². The lowest BCUT2D eigenvalue weighted by Crippen LogP contribution is -2.15. The highest BCUT2D eigenvalue weighted by molar-refractivity contribution is 7.89. The van der Waals surface area contributed by atoms with E-state index in [1.54, 1.807) is 18.2 Å². The summed E-state index contributed by atoms with van der Waals surface area (Å²) in [5, 5.41) is 8.29. The fraction of sp³-hybridized carbons (Fsp3) is 0.200. The minimum atomic E-state index is -3.74. The van der Waals surface area contributed by atoms with Crippen LogP contribution in [0.4, 0.5) is 5.69 Å². The maximum Gasteiger partial charge on any atom is 0.240 e. The smallest absolute Gasteiger partial charge is 0.240 e. The first kappa shape index (κ1) is 15.3. The van der Waals surface area contributed by atoms with Crippen molar-refractivity contribution in [3.05, 3.63) is 54.1 Å². The van der Waals surface area contributed by atoms with Crippen LogP contribution in [0.2, 0.25) is 0 Å². The molecule has 0 atom stereocenters. The lowest BCUT2D eigenvalue weighted by molar-refractivity contribution is 0.340. The van der Waals surface area contributed by atoms with Crippen molar-refractivity contribution in [3.8, 4) is 5.75 Å². The van der Waals surface area contributed by atoms with E-state index in [0.29, 0.717) is 18.8 Å². The van der Waals surface area contributed by atoms with Crippen LogP contribution >= 0.6 is 0 Å². The van der Waals surface area contributed by atoms with Crippen LogP contribution in [0.3, 0.4) is 0 Å². The first-order valence-electron chi connectivity index (χ1n) is 6.58. The van der Waals surface area contributed by atoms with Gasteiger partial charge in [0.2, 0.25) is 10.0 Å². The Balaban J connectivity index is 2.15. The Labute approximate surface area is 124 Å². The second-order valence-corrected chi connectivity index (χ2v) is 6.00. The van der Waals surface area contributed by atoms with Crippen molar-refractivity contribution in [3.63, 3.8) is 0 Å². The van der Waals surface area contributed by atoms with E-state index in [2.05, 4.69) is 5.32 Å². The summed E-state index contributed by atoms with van der Waals surface area (Å²) in [5.74, 6) is 0.788. The van der Waals surface area contributed by atoms with Crippen molar-refractivity contribution in [2.45, 2.75) is 18.4 Å². The maximum absolute atomic E-state index is 11.5. The highest BCUT2D eigenvalue weighted by Gasteiger charge is 2.12. The van der Waals surface area contributed by atoms with Gasteiger partial charge in [-0.05, 0) is 36.8 Å². The number of rotatable bonds is 6. The van der Waals surface area contributed by atoms with Gasteiger partial charge in [0.05, 0.1) is 12.3 Å². The van der Waals surface area contributed by atoms with Gasteiger partial charge in [0.25, 0.3) is 0 Å². The Morgan fingerprint density at radius 1 is 1.14 bits per heavy atom. The van der Waals surface area contributed by atoms with Crippen LogP contribution in [0, 0.1) is 0 Å². The minimum Gasteiger partial charge on any atom is -0.494 e. The average molecular weight is 306 g/mol. The molecule has 0 spiro atoms. The van der Waals surface area contributed by atoms with E-state index in [1.807, 2.05) is 31.2 Å². The molecule has 0 saturated carbocycles. The summed E-state index contributed by atoms with van der Waals surface area (Å²) >= 11 is 0. The monoisotopic (exact) mass is 306 g/mol. The molecule has 0 fully saturated rings. The summed E-state index contributed by atoms with van der Waals surface area (Å²) in [6.45, 7) is 3.01. The number of nitrogens with one attached hydrogen (secondary N) is 1. The number of anilines is 1. The molecule has 2 aromatic carbocycles. The molecule has 0 aliphatic heterocycles. The van der Waals surface area contributed by atoms with E-state index >= 15 is 0 Å². The number of sulfonamides is 1. The molecule has 0 bridgehead atoms. The van der Waals surface area contributed by atoms with Crippen molar-refractivity contribution in [1.82, 2.24) is 0 Å². The standard InChI is InChI=1S/C15H18N2O3S/c1-2-20-13-7-5-6-12(10-13)11-17-14-8-3-4-9-15(14)21(16,18)19/h3-10,17H,2,11H2,1H3,(H2,16,18,19). The molecular weight excluding hydrogens is 288 g/mol. The fourth-order valence-corrected chi connectivity index (χ4v) is 2.68. The Hall–Kier alpha value is -2.05. The van der Waals surface area contributed by atoms with Crippen LogP contribution in [-0.2, 0) is 16.6 Å². The van der Waals surface area contributed by atoms with Crippen LogP contribution < -0.4 is 15.2 Å². The molecule has 0 unspecified atom stereocenters. The average Bonchev–Trinajstić information content (AvgIpc) is 2.45. The van der Waals surface area contributed by atoms with Crippen LogP contribution in [0.1, 0.15) is 12.5 Å². The lowest BCUT2D eigenvalue weighted by atomic mass is 10.2. The first-order chi connectivity index (χ1) is 10.0. The number of hydrogen-bond donors (Lipinski definition) is 2. The Bertz CT molecular complexity index is 714. The predicted molar refractivity (Wildman–Crippen MR) is 82.8 cm³/mol. The molecule has 112 valence electrons. The van der Waals surface area contributed by atoms with Gasteiger partial charge in [0.15, 0.2) is 0 Å². The number of primary sulfonamides is 1. The van der Waals surface area contributed by atoms with E-state index in [-0.39, 0.29) is 4.90 Å². The Kier molecular flexibility index (Phi) is 4.82. The normalized spacial score (nSPS) is 11.1. The molecule has 0 aliphatic rings. The molecule has 0 amide bonds. The Morgan fingerprint density at radius 3 is 2.62 bits per heavy atom. The van der Waals surface area contributed by atoms with E-state index < -0.39 is 10.0 Å². The van der Waals surface area contributed by atoms with Gasteiger partial charge in [-0.1, -0.05) is 24.3 Å². The zero-order valence-corrected chi connectivity index (χ0v) is 12.6. The Morgan fingerprint density at radius 2 is 1.90 bits per heavy atom. The zero-order chi connectivity index (χ0) is 15.3. The molecule has 2 rings (SSSR count). The van der Waals surface area contributed by atoms with Crippen LogP contribution in [0.5, 0.6) is 5.75 Å². The summed E-state index contributed by atoms with van der Waals surface area (Å²) in [4.78, 5) is 0.0889. The molecular formula is C15H18N2O3S. The molecule has 0 saturated heterocycles. The molecule has 0 aliphatic carbocycles. The number of hydrogen-bond acceptors (Lipinski definition) is 4. The fourth-order valence-electron chi connectivity index (χ4n) is 1.97. The third-order valence-electron chi connectivity index (χ3n) is 2.89. The molecule has 0 heterocycles. The lowest BCUT2D eigenvalue weighted by Gasteiger charge is -2.11. The van der Waals surface area contributed by atoms with E-state index in [9.17, 15) is 8.42 Å². The number of benzene rings is 2. The molecule has 6 heteroatoms. The van der Waals surface area contributed by atoms with Gasteiger partial charge >= 0.3 is 0 Å².